The molecule has 0 saturated carbocycles. The van der Waals surface area contributed by atoms with E-state index in [1.807, 2.05) is 0 Å². The highest BCUT2D eigenvalue weighted by Crippen LogP contribution is 2.43. The van der Waals surface area contributed by atoms with Gasteiger partial charge in [-0.05, 0) is 18.1 Å². The van der Waals surface area contributed by atoms with E-state index in [2.05, 4.69) is 11.9 Å². The molecule has 0 aliphatic carbocycles. The van der Waals surface area contributed by atoms with Gasteiger partial charge in [0.25, 0.3) is 0 Å². The Bertz CT molecular complexity index is 1060. The molecule has 1 unspecified atom stereocenters. The predicted molar refractivity (Wildman–Crippen MR) is 127 cm³/mol. The van der Waals surface area contributed by atoms with Gasteiger partial charge in [-0.2, -0.15) is 0 Å². The number of rotatable bonds is 14. The van der Waals surface area contributed by atoms with Gasteiger partial charge in [-0.15, -0.1) is 0 Å². The summed E-state index contributed by atoms with van der Waals surface area (Å²) in [4.78, 5) is 46.0. The molecule has 194 valence electrons. The second kappa shape index (κ2) is 14.8. The molecule has 0 aromatic heterocycles. The number of amides is 1. The van der Waals surface area contributed by atoms with E-state index in [1.165, 1.54) is 6.92 Å². The van der Waals surface area contributed by atoms with Crippen LogP contribution in [0.2, 0.25) is 0 Å². The van der Waals surface area contributed by atoms with Crippen molar-refractivity contribution >= 4 is 25.9 Å². The van der Waals surface area contributed by atoms with E-state index in [1.54, 1.807) is 60.7 Å². The number of hydrogen-bond donors (Lipinski definition) is 2. The summed E-state index contributed by atoms with van der Waals surface area (Å²) < 4.78 is 36.8. The molecule has 11 nitrogen and oxygen atoms in total. The first-order valence-corrected chi connectivity index (χ1v) is 12.3. The van der Waals surface area contributed by atoms with E-state index < -0.39 is 45.1 Å². The lowest BCUT2D eigenvalue weighted by Crippen LogP contribution is -2.45. The number of hydrogen-bond acceptors (Lipinski definition) is 9. The van der Waals surface area contributed by atoms with E-state index in [0.717, 1.165) is 0 Å². The molecule has 2 atom stereocenters. The van der Waals surface area contributed by atoms with Gasteiger partial charge in [-0.25, -0.2) is 18.9 Å². The van der Waals surface area contributed by atoms with E-state index in [0.29, 0.717) is 11.1 Å². The fraction of sp³-hybridized carbons (Fsp3) is 0.292. The van der Waals surface area contributed by atoms with Crippen LogP contribution in [-0.2, 0) is 50.6 Å². The molecule has 0 aliphatic rings. The van der Waals surface area contributed by atoms with E-state index in [-0.39, 0.29) is 25.4 Å². The first-order chi connectivity index (χ1) is 17.2. The summed E-state index contributed by atoms with van der Waals surface area (Å²) in [5.41, 5.74) is 1.56. The van der Waals surface area contributed by atoms with Crippen LogP contribution in [0.25, 0.3) is 0 Å². The molecule has 0 spiro atoms. The Morgan fingerprint density at radius 1 is 0.889 bits per heavy atom. The van der Waals surface area contributed by atoms with Gasteiger partial charge in [0.1, 0.15) is 19.8 Å². The van der Waals surface area contributed by atoms with Crippen LogP contribution in [0.4, 0.5) is 4.79 Å². The minimum atomic E-state index is -4.67. The summed E-state index contributed by atoms with van der Waals surface area (Å²) in [5.74, 6) is -1.61. The number of carbonyl (C=O) groups excluding carboxylic acids is 3. The lowest BCUT2D eigenvalue weighted by atomic mass is 10.2. The van der Waals surface area contributed by atoms with Crippen LogP contribution in [-0.4, -0.2) is 48.8 Å². The first kappa shape index (κ1) is 28.7. The smallest absolute Gasteiger partial charge is 0.460 e. The van der Waals surface area contributed by atoms with Crippen molar-refractivity contribution in [3.8, 4) is 0 Å². The van der Waals surface area contributed by atoms with Crippen molar-refractivity contribution in [2.45, 2.75) is 26.2 Å². The van der Waals surface area contributed by atoms with Crippen molar-refractivity contribution in [3.05, 3.63) is 83.9 Å². The summed E-state index contributed by atoms with van der Waals surface area (Å²) >= 11 is 0. The molecule has 36 heavy (non-hydrogen) atoms. The molecule has 0 radical (unpaired) electrons. The summed E-state index contributed by atoms with van der Waals surface area (Å²) in [7, 11) is -4.67. The number of carbonyl (C=O) groups is 3. The van der Waals surface area contributed by atoms with Gasteiger partial charge in [-0.3, -0.25) is 9.05 Å². The molecule has 1 amide bonds. The minimum absolute atomic E-state index is 0.0657. The highest BCUT2D eigenvalue weighted by atomic mass is 31.2. The molecule has 0 saturated heterocycles. The number of phosphoric ester groups is 1. The standard InChI is InChI=1S/C24H28NO10P/c1-18(2)22(26)31-13-14-34-36(29,30)35-17-21(23(27)32-15-19-9-5-3-6-10-19)25-24(28)33-16-20-11-7-4-8-12-20/h3-12,21H,1,13-17H2,2H3,(H,25,28)(H,29,30)/t21-/m1/s1. The van der Waals surface area contributed by atoms with Gasteiger partial charge in [0, 0.05) is 5.57 Å². The summed E-state index contributed by atoms with van der Waals surface area (Å²) in [6, 6.07) is 16.1. The molecular formula is C24H28NO10P. The molecule has 2 N–H and O–H groups in total. The van der Waals surface area contributed by atoms with Crippen LogP contribution in [0.1, 0.15) is 18.1 Å². The van der Waals surface area contributed by atoms with Gasteiger partial charge in [-0.1, -0.05) is 67.2 Å². The van der Waals surface area contributed by atoms with Crippen molar-refractivity contribution in [2.75, 3.05) is 19.8 Å². The maximum absolute atomic E-state index is 12.6. The van der Waals surface area contributed by atoms with E-state index >= 15 is 0 Å². The zero-order valence-electron chi connectivity index (χ0n) is 19.7. The normalized spacial score (nSPS) is 13.1. The third-order valence-electron chi connectivity index (χ3n) is 4.34. The fourth-order valence-electron chi connectivity index (χ4n) is 2.52. The topological polar surface area (TPSA) is 147 Å². The van der Waals surface area contributed by atoms with Crippen LogP contribution in [0.15, 0.2) is 72.8 Å². The molecule has 0 fully saturated rings. The lowest BCUT2D eigenvalue weighted by Gasteiger charge is -2.19. The molecule has 0 heterocycles. The predicted octanol–water partition coefficient (Wildman–Crippen LogP) is 3.28. The van der Waals surface area contributed by atoms with Crippen LogP contribution in [0, 0.1) is 0 Å². The number of phosphoric acid groups is 1. The molecule has 0 bridgehead atoms. The summed E-state index contributed by atoms with van der Waals surface area (Å²) in [5, 5.41) is 2.26. The average molecular weight is 521 g/mol. The number of alkyl carbamates (subject to hydrolysis) is 1. The Morgan fingerprint density at radius 3 is 2.00 bits per heavy atom. The van der Waals surface area contributed by atoms with Crippen molar-refractivity contribution < 1.29 is 47.1 Å². The monoisotopic (exact) mass is 521 g/mol. The maximum Gasteiger partial charge on any atom is 0.472 e. The number of esters is 2. The van der Waals surface area contributed by atoms with Gasteiger partial charge in [0.05, 0.1) is 13.2 Å². The second-order valence-corrected chi connectivity index (χ2v) is 8.82. The van der Waals surface area contributed by atoms with Crippen LogP contribution < -0.4 is 5.32 Å². The Labute approximate surface area is 208 Å². The highest BCUT2D eigenvalue weighted by molar-refractivity contribution is 7.47. The zero-order valence-corrected chi connectivity index (χ0v) is 20.6. The SMILES string of the molecule is C=C(C)C(=O)OCCOP(=O)(O)OC[C@@H](NC(=O)OCc1ccccc1)C(=O)OCc1ccccc1. The van der Waals surface area contributed by atoms with Gasteiger partial charge in [0.2, 0.25) is 0 Å². The minimum Gasteiger partial charge on any atom is -0.460 e. The maximum atomic E-state index is 12.6. The highest BCUT2D eigenvalue weighted by Gasteiger charge is 2.29. The third-order valence-corrected chi connectivity index (χ3v) is 5.32. The third kappa shape index (κ3) is 11.3. The van der Waals surface area contributed by atoms with Gasteiger partial charge in [0.15, 0.2) is 6.04 Å². The van der Waals surface area contributed by atoms with Crippen LogP contribution in [0.3, 0.4) is 0 Å². The summed E-state index contributed by atoms with van der Waals surface area (Å²) in [6.07, 6.45) is -0.968. The van der Waals surface area contributed by atoms with Crippen LogP contribution >= 0.6 is 7.82 Å². The molecule has 12 heteroatoms. The number of nitrogens with one attached hydrogen (secondary N) is 1. The van der Waals surface area contributed by atoms with Gasteiger partial charge < -0.3 is 24.4 Å². The van der Waals surface area contributed by atoms with Crippen molar-refractivity contribution in [1.82, 2.24) is 5.32 Å². The largest absolute Gasteiger partial charge is 0.472 e. The lowest BCUT2D eigenvalue weighted by molar-refractivity contribution is -0.148. The Balaban J connectivity index is 1.92. The van der Waals surface area contributed by atoms with Crippen molar-refractivity contribution in [1.29, 1.82) is 0 Å². The molecule has 2 aromatic carbocycles. The van der Waals surface area contributed by atoms with Crippen molar-refractivity contribution in [3.63, 3.8) is 0 Å². The van der Waals surface area contributed by atoms with Crippen molar-refractivity contribution in [2.24, 2.45) is 0 Å². The van der Waals surface area contributed by atoms with Crippen LogP contribution in [0.5, 0.6) is 0 Å². The summed E-state index contributed by atoms with van der Waals surface area (Å²) in [6.45, 7) is 3.14. The average Bonchev–Trinajstić information content (AvgIpc) is 2.87. The second-order valence-electron chi connectivity index (χ2n) is 7.37. The Kier molecular flexibility index (Phi) is 11.8. The zero-order chi connectivity index (χ0) is 26.4. The Morgan fingerprint density at radius 2 is 1.44 bits per heavy atom. The Hall–Kier alpha value is -3.50. The van der Waals surface area contributed by atoms with Gasteiger partial charge >= 0.3 is 25.9 Å². The number of benzene rings is 2. The number of ether oxygens (including phenoxy) is 3. The van der Waals surface area contributed by atoms with E-state index in [4.69, 9.17) is 23.3 Å². The molecule has 2 rings (SSSR count). The van der Waals surface area contributed by atoms with E-state index in [9.17, 15) is 23.8 Å². The molecule has 0 aliphatic heterocycles. The quantitative estimate of drug-likeness (QED) is 0.125. The molecule has 2 aromatic rings. The fourth-order valence-corrected chi connectivity index (χ4v) is 3.24. The molecular weight excluding hydrogens is 493 g/mol. The first-order valence-electron chi connectivity index (χ1n) is 10.8.